The van der Waals surface area contributed by atoms with Gasteiger partial charge in [0, 0.05) is 23.6 Å². The Morgan fingerprint density at radius 3 is 2.36 bits per heavy atom. The molecule has 0 fully saturated rings. The van der Waals surface area contributed by atoms with Crippen LogP contribution in [0.2, 0.25) is 0 Å². The van der Waals surface area contributed by atoms with Crippen molar-refractivity contribution >= 4 is 26.9 Å². The van der Waals surface area contributed by atoms with Crippen molar-refractivity contribution in [2.75, 3.05) is 0 Å². The van der Waals surface area contributed by atoms with Crippen LogP contribution < -0.4 is 4.72 Å². The van der Waals surface area contributed by atoms with E-state index < -0.39 is 39.0 Å². The number of nitrogens with zero attached hydrogens (tertiary/aromatic N) is 1. The van der Waals surface area contributed by atoms with Crippen molar-refractivity contribution in [2.45, 2.75) is 64.4 Å². The fourth-order valence-electron chi connectivity index (χ4n) is 2.96. The van der Waals surface area contributed by atoms with E-state index in [1.807, 2.05) is 0 Å². The summed E-state index contributed by atoms with van der Waals surface area (Å²) in [6.45, 7) is 10.3. The first-order chi connectivity index (χ1) is 12.8. The van der Waals surface area contributed by atoms with Crippen LogP contribution in [0.4, 0.5) is 8.78 Å². The summed E-state index contributed by atoms with van der Waals surface area (Å²) < 4.78 is 48.8. The largest absolute Gasteiger partial charge is 0.388 e. The molecule has 0 bridgehead atoms. The number of benzene rings is 1. The highest BCUT2D eigenvalue weighted by Crippen LogP contribution is 2.38. The van der Waals surface area contributed by atoms with Gasteiger partial charge in [0.1, 0.15) is 17.4 Å². The summed E-state index contributed by atoms with van der Waals surface area (Å²) in [5, 5.41) is 14.7. The van der Waals surface area contributed by atoms with Crippen LogP contribution in [0.25, 0.3) is 0 Å². The van der Waals surface area contributed by atoms with Crippen molar-refractivity contribution < 1.29 is 22.6 Å². The van der Waals surface area contributed by atoms with Crippen molar-refractivity contribution in [3.63, 3.8) is 0 Å². The van der Waals surface area contributed by atoms with Crippen molar-refractivity contribution in [2.24, 2.45) is 0 Å². The second-order valence-electron chi connectivity index (χ2n) is 8.02. The number of hydrogen-bond acceptors (Lipinski definition) is 4. The summed E-state index contributed by atoms with van der Waals surface area (Å²) in [5.41, 5.74) is -0.168. The number of aryl methyl sites for hydroxylation is 2. The molecule has 0 aliphatic carbocycles. The van der Waals surface area contributed by atoms with Crippen molar-refractivity contribution in [3.8, 4) is 0 Å². The Kier molecular flexibility index (Phi) is 6.85. The smallest absolute Gasteiger partial charge is 0.140 e. The molecule has 0 saturated carbocycles. The monoisotopic (exact) mass is 478 g/mol. The molecule has 1 aromatic heterocycles. The quantitative estimate of drug-likeness (QED) is 0.588. The number of nitrogens with one attached hydrogen (secondary N) is 1. The van der Waals surface area contributed by atoms with Gasteiger partial charge in [-0.1, -0.05) is 5.16 Å². The minimum absolute atomic E-state index is 0.0350. The highest BCUT2D eigenvalue weighted by atomic mass is 79.9. The lowest BCUT2D eigenvalue weighted by molar-refractivity contribution is 0.129. The zero-order valence-corrected chi connectivity index (χ0v) is 19.1. The third kappa shape index (κ3) is 4.87. The minimum atomic E-state index is -1.58. The van der Waals surface area contributed by atoms with E-state index in [1.165, 1.54) is 6.07 Å². The molecule has 0 aliphatic rings. The Bertz CT molecular complexity index is 879. The molecule has 0 spiro atoms. The highest BCUT2D eigenvalue weighted by molar-refractivity contribution is 9.10. The Labute approximate surface area is 174 Å². The number of hydrogen-bond donors (Lipinski definition) is 2. The summed E-state index contributed by atoms with van der Waals surface area (Å²) in [6, 6.07) is 2.07. The zero-order chi connectivity index (χ0) is 21.4. The SMILES string of the molecule is Cc1noc(C)c1[C@H](O)C[C@](C)(N[S@@](=O)C(C)(C)C)c1cc(Br)c(F)cc1F. The molecule has 156 valence electrons. The molecule has 9 heteroatoms. The molecule has 28 heavy (non-hydrogen) atoms. The summed E-state index contributed by atoms with van der Waals surface area (Å²) in [4.78, 5) is 0. The molecule has 5 nitrogen and oxygen atoms in total. The van der Waals surface area contributed by atoms with Crippen molar-refractivity contribution in [1.29, 1.82) is 0 Å². The van der Waals surface area contributed by atoms with E-state index in [0.29, 0.717) is 17.0 Å². The van der Waals surface area contributed by atoms with Gasteiger partial charge in [0.15, 0.2) is 0 Å². The minimum Gasteiger partial charge on any atom is -0.388 e. The number of halogens is 3. The van der Waals surface area contributed by atoms with Crippen molar-refractivity contribution in [3.05, 3.63) is 50.8 Å². The van der Waals surface area contributed by atoms with Gasteiger partial charge in [0.05, 0.1) is 37.5 Å². The molecule has 3 atom stereocenters. The summed E-state index contributed by atoms with van der Waals surface area (Å²) in [6.07, 6.45) is -1.10. The van der Waals surface area contributed by atoms with Crippen LogP contribution in [0.3, 0.4) is 0 Å². The van der Waals surface area contributed by atoms with Crippen LogP contribution >= 0.6 is 15.9 Å². The van der Waals surface area contributed by atoms with Gasteiger partial charge < -0.3 is 9.63 Å². The second kappa shape index (κ2) is 8.30. The van der Waals surface area contributed by atoms with Crippen LogP contribution in [0.15, 0.2) is 21.1 Å². The van der Waals surface area contributed by atoms with Crippen LogP contribution in [0.5, 0.6) is 0 Å². The lowest BCUT2D eigenvalue weighted by Gasteiger charge is -2.35. The third-order valence-corrected chi connectivity index (χ3v) is 6.86. The predicted molar refractivity (Wildman–Crippen MR) is 108 cm³/mol. The second-order valence-corrected chi connectivity index (χ2v) is 10.8. The van der Waals surface area contributed by atoms with Crippen LogP contribution in [0.1, 0.15) is 62.8 Å². The molecule has 2 rings (SSSR count). The van der Waals surface area contributed by atoms with E-state index in [1.54, 1.807) is 41.5 Å². The average Bonchev–Trinajstić information content (AvgIpc) is 2.88. The first kappa shape index (κ1) is 23.1. The van der Waals surface area contributed by atoms with E-state index in [2.05, 4.69) is 25.8 Å². The molecule has 1 aromatic carbocycles. The van der Waals surface area contributed by atoms with Gasteiger partial charge in [-0.3, -0.25) is 0 Å². The summed E-state index contributed by atoms with van der Waals surface area (Å²) in [7, 11) is -1.58. The average molecular weight is 479 g/mol. The van der Waals surface area contributed by atoms with E-state index in [0.717, 1.165) is 6.07 Å². The van der Waals surface area contributed by atoms with E-state index in [4.69, 9.17) is 4.52 Å². The van der Waals surface area contributed by atoms with E-state index in [9.17, 15) is 18.1 Å². The Morgan fingerprint density at radius 1 is 1.25 bits per heavy atom. The van der Waals surface area contributed by atoms with Crippen LogP contribution in [0, 0.1) is 25.5 Å². The number of aliphatic hydroxyl groups excluding tert-OH is 1. The number of rotatable bonds is 6. The van der Waals surface area contributed by atoms with Gasteiger partial charge in [-0.2, -0.15) is 0 Å². The maximum absolute atomic E-state index is 14.7. The first-order valence-electron chi connectivity index (χ1n) is 8.72. The van der Waals surface area contributed by atoms with Gasteiger partial charge in [0.25, 0.3) is 0 Å². The predicted octanol–water partition coefficient (Wildman–Crippen LogP) is 4.72. The standard InChI is InChI=1S/C19H25BrF2N2O3S/c1-10-17(11(2)27-23-10)16(25)9-19(6,24-28(26)18(3,4)5)12-7-13(20)15(22)8-14(12)21/h7-8,16,24-25H,9H2,1-6H3/t16-,19+,28+/m1/s1. The Hall–Kier alpha value is -1.16. The molecular weight excluding hydrogens is 454 g/mol. The van der Waals surface area contributed by atoms with Gasteiger partial charge in [0.2, 0.25) is 0 Å². The molecule has 0 saturated heterocycles. The molecule has 0 amide bonds. The number of aromatic nitrogens is 1. The molecule has 0 radical (unpaired) electrons. The molecular formula is C19H25BrF2N2O3S. The molecule has 0 aliphatic heterocycles. The van der Waals surface area contributed by atoms with Gasteiger partial charge >= 0.3 is 0 Å². The van der Waals surface area contributed by atoms with E-state index >= 15 is 0 Å². The molecule has 1 heterocycles. The fourth-order valence-corrected chi connectivity index (χ4v) is 4.22. The molecule has 2 aromatic rings. The maximum Gasteiger partial charge on any atom is 0.140 e. The normalized spacial score (nSPS) is 16.6. The lowest BCUT2D eigenvalue weighted by Crippen LogP contribution is -2.47. The van der Waals surface area contributed by atoms with E-state index in [-0.39, 0.29) is 16.5 Å². The maximum atomic E-state index is 14.7. The van der Waals surface area contributed by atoms with Crippen LogP contribution in [-0.2, 0) is 16.5 Å². The summed E-state index contributed by atoms with van der Waals surface area (Å²) >= 11 is 3.07. The van der Waals surface area contributed by atoms with Gasteiger partial charge in [-0.05, 0) is 63.5 Å². The van der Waals surface area contributed by atoms with Gasteiger partial charge in [-0.25, -0.2) is 17.7 Å². The molecule has 0 unspecified atom stereocenters. The third-order valence-electron chi connectivity index (χ3n) is 4.50. The Morgan fingerprint density at radius 2 is 1.86 bits per heavy atom. The Balaban J connectivity index is 2.53. The zero-order valence-electron chi connectivity index (χ0n) is 16.7. The molecule has 2 N–H and O–H groups in total. The van der Waals surface area contributed by atoms with Crippen LogP contribution in [-0.4, -0.2) is 19.2 Å². The highest BCUT2D eigenvalue weighted by Gasteiger charge is 2.38. The summed E-state index contributed by atoms with van der Waals surface area (Å²) in [5.74, 6) is -1.09. The first-order valence-corrected chi connectivity index (χ1v) is 10.7. The number of aliphatic hydroxyl groups is 1. The topological polar surface area (TPSA) is 75.4 Å². The van der Waals surface area contributed by atoms with Gasteiger partial charge in [-0.15, -0.1) is 0 Å². The fraction of sp³-hybridized carbons (Fsp3) is 0.526. The lowest BCUT2D eigenvalue weighted by atomic mass is 9.85. The van der Waals surface area contributed by atoms with Crippen molar-refractivity contribution in [1.82, 2.24) is 9.88 Å².